The maximum absolute atomic E-state index is 11.5. The van der Waals surface area contributed by atoms with Crippen LogP contribution in [0.3, 0.4) is 0 Å². The van der Waals surface area contributed by atoms with Gasteiger partial charge in [0.1, 0.15) is 5.82 Å². The first-order valence-electron chi connectivity index (χ1n) is 5.06. The first-order chi connectivity index (χ1) is 8.11. The van der Waals surface area contributed by atoms with E-state index >= 15 is 0 Å². The molecule has 0 fully saturated rings. The van der Waals surface area contributed by atoms with Crippen molar-refractivity contribution < 1.29 is 5.11 Å². The summed E-state index contributed by atoms with van der Waals surface area (Å²) in [6.07, 6.45) is 1.99. The molecule has 1 heterocycles. The predicted octanol–water partition coefficient (Wildman–Crippen LogP) is 2.17. The summed E-state index contributed by atoms with van der Waals surface area (Å²) < 4.78 is 0. The lowest BCUT2D eigenvalue weighted by molar-refractivity contribution is 0.447. The van der Waals surface area contributed by atoms with Crippen molar-refractivity contribution in [3.63, 3.8) is 0 Å². The Morgan fingerprint density at radius 1 is 1.29 bits per heavy atom. The molecule has 0 unspecified atom stereocenters. The van der Waals surface area contributed by atoms with Crippen molar-refractivity contribution >= 4 is 11.8 Å². The first-order valence-corrected chi connectivity index (χ1v) is 6.28. The number of hydrogen-bond acceptors (Lipinski definition) is 4. The highest BCUT2D eigenvalue weighted by molar-refractivity contribution is 7.98. The molecule has 0 aliphatic carbocycles. The summed E-state index contributed by atoms with van der Waals surface area (Å²) in [7, 11) is 0. The highest BCUT2D eigenvalue weighted by atomic mass is 32.2. The molecule has 2 rings (SSSR count). The lowest BCUT2D eigenvalue weighted by Crippen LogP contribution is -2.12. The number of aromatic nitrogens is 2. The van der Waals surface area contributed by atoms with Gasteiger partial charge in [-0.25, -0.2) is 0 Å². The van der Waals surface area contributed by atoms with Gasteiger partial charge in [0.05, 0.1) is 5.56 Å². The standard InChI is InChI=1S/C12H12N2O2S/c1-7-11(15)13-10(14-12(7)16)8-3-5-9(17-2)6-4-8/h3-6H,1-2H3,(H2,13,14,15,16). The molecule has 0 radical (unpaired) electrons. The highest BCUT2D eigenvalue weighted by Gasteiger charge is 2.07. The van der Waals surface area contributed by atoms with E-state index in [2.05, 4.69) is 9.97 Å². The normalized spacial score (nSPS) is 10.5. The molecule has 0 spiro atoms. The molecule has 4 nitrogen and oxygen atoms in total. The van der Waals surface area contributed by atoms with E-state index < -0.39 is 0 Å². The van der Waals surface area contributed by atoms with E-state index in [4.69, 9.17) is 0 Å². The SMILES string of the molecule is CSc1ccc(-c2nc(O)c(C)c(=O)[nH]2)cc1. The van der Waals surface area contributed by atoms with Gasteiger partial charge in [-0.1, -0.05) is 12.1 Å². The molecule has 88 valence electrons. The van der Waals surface area contributed by atoms with Crippen molar-refractivity contribution in [1.29, 1.82) is 0 Å². The van der Waals surface area contributed by atoms with Gasteiger partial charge >= 0.3 is 0 Å². The topological polar surface area (TPSA) is 66.0 Å². The Labute approximate surface area is 103 Å². The monoisotopic (exact) mass is 248 g/mol. The lowest BCUT2D eigenvalue weighted by Gasteiger charge is -2.04. The fourth-order valence-electron chi connectivity index (χ4n) is 1.41. The van der Waals surface area contributed by atoms with Crippen LogP contribution >= 0.6 is 11.8 Å². The zero-order valence-electron chi connectivity index (χ0n) is 9.52. The number of aromatic amines is 1. The van der Waals surface area contributed by atoms with Crippen molar-refractivity contribution in [3.05, 3.63) is 40.2 Å². The highest BCUT2D eigenvalue weighted by Crippen LogP contribution is 2.21. The molecule has 0 aliphatic heterocycles. The minimum atomic E-state index is -0.318. The number of rotatable bonds is 2. The third kappa shape index (κ3) is 2.34. The Kier molecular flexibility index (Phi) is 3.19. The fraction of sp³-hybridized carbons (Fsp3) is 0.167. The Morgan fingerprint density at radius 2 is 1.94 bits per heavy atom. The maximum atomic E-state index is 11.5. The molecule has 0 bridgehead atoms. The number of nitrogens with one attached hydrogen (secondary N) is 1. The van der Waals surface area contributed by atoms with Gasteiger partial charge in [-0.3, -0.25) is 4.79 Å². The van der Waals surface area contributed by atoms with Crippen molar-refractivity contribution in [3.8, 4) is 17.3 Å². The van der Waals surface area contributed by atoms with Crippen molar-refractivity contribution in [2.45, 2.75) is 11.8 Å². The molecular weight excluding hydrogens is 236 g/mol. The zero-order chi connectivity index (χ0) is 12.4. The van der Waals surface area contributed by atoms with E-state index in [0.717, 1.165) is 10.5 Å². The van der Waals surface area contributed by atoms with Gasteiger partial charge < -0.3 is 10.1 Å². The van der Waals surface area contributed by atoms with Crippen LogP contribution in [0.5, 0.6) is 5.88 Å². The molecule has 0 saturated heterocycles. The molecule has 0 saturated carbocycles. The maximum Gasteiger partial charge on any atom is 0.257 e. The second-order valence-electron chi connectivity index (χ2n) is 3.59. The van der Waals surface area contributed by atoms with Crippen molar-refractivity contribution in [2.24, 2.45) is 0 Å². The largest absolute Gasteiger partial charge is 0.493 e. The number of thioether (sulfide) groups is 1. The molecule has 0 atom stereocenters. The molecule has 5 heteroatoms. The van der Waals surface area contributed by atoms with E-state index in [1.165, 1.54) is 6.92 Å². The van der Waals surface area contributed by atoms with E-state index in [0.29, 0.717) is 5.82 Å². The van der Waals surface area contributed by atoms with Gasteiger partial charge in [-0.15, -0.1) is 11.8 Å². The van der Waals surface area contributed by atoms with E-state index in [1.54, 1.807) is 11.8 Å². The van der Waals surface area contributed by atoms with Gasteiger partial charge in [0.15, 0.2) is 0 Å². The summed E-state index contributed by atoms with van der Waals surface area (Å²) in [6, 6.07) is 7.60. The number of H-pyrrole nitrogens is 1. The average Bonchev–Trinajstić information content (AvgIpc) is 2.35. The van der Waals surface area contributed by atoms with Gasteiger partial charge in [0.25, 0.3) is 5.56 Å². The van der Waals surface area contributed by atoms with Crippen LogP contribution in [0.4, 0.5) is 0 Å². The van der Waals surface area contributed by atoms with Gasteiger partial charge in [0.2, 0.25) is 5.88 Å². The Bertz CT molecular complexity index is 590. The van der Waals surface area contributed by atoms with E-state index in [-0.39, 0.29) is 17.0 Å². The summed E-state index contributed by atoms with van der Waals surface area (Å²) in [5, 5.41) is 9.51. The second kappa shape index (κ2) is 4.63. The van der Waals surface area contributed by atoms with Gasteiger partial charge in [-0.05, 0) is 25.3 Å². The quantitative estimate of drug-likeness (QED) is 0.799. The minimum absolute atomic E-state index is 0.224. The summed E-state index contributed by atoms with van der Waals surface area (Å²) in [4.78, 5) is 19.2. The fourth-order valence-corrected chi connectivity index (χ4v) is 1.81. The molecule has 2 aromatic rings. The van der Waals surface area contributed by atoms with Crippen molar-refractivity contribution in [1.82, 2.24) is 9.97 Å². The molecule has 2 N–H and O–H groups in total. The molecule has 1 aromatic carbocycles. The van der Waals surface area contributed by atoms with Gasteiger partial charge in [0, 0.05) is 10.5 Å². The molecule has 1 aromatic heterocycles. The van der Waals surface area contributed by atoms with Crippen LogP contribution in [-0.4, -0.2) is 21.3 Å². The van der Waals surface area contributed by atoms with E-state index in [9.17, 15) is 9.90 Å². The zero-order valence-corrected chi connectivity index (χ0v) is 10.3. The van der Waals surface area contributed by atoms with Crippen LogP contribution in [0.25, 0.3) is 11.4 Å². The summed E-state index contributed by atoms with van der Waals surface area (Å²) in [5.41, 5.74) is 0.686. The van der Waals surface area contributed by atoms with Crippen molar-refractivity contribution in [2.75, 3.05) is 6.26 Å². The molecule has 0 amide bonds. The number of aromatic hydroxyl groups is 1. The molecular formula is C12H12N2O2S. The second-order valence-corrected chi connectivity index (χ2v) is 4.47. The van der Waals surface area contributed by atoms with Crippen LogP contribution in [0.2, 0.25) is 0 Å². The molecule has 17 heavy (non-hydrogen) atoms. The first kappa shape index (κ1) is 11.7. The smallest absolute Gasteiger partial charge is 0.257 e. The average molecular weight is 248 g/mol. The van der Waals surface area contributed by atoms with Gasteiger partial charge in [-0.2, -0.15) is 4.98 Å². The number of nitrogens with zero attached hydrogens (tertiary/aromatic N) is 1. The summed E-state index contributed by atoms with van der Waals surface area (Å²) >= 11 is 1.64. The van der Waals surface area contributed by atoms with Crippen LogP contribution in [0.1, 0.15) is 5.56 Å². The lowest BCUT2D eigenvalue weighted by atomic mass is 10.2. The Morgan fingerprint density at radius 3 is 2.47 bits per heavy atom. The Balaban J connectivity index is 2.49. The minimum Gasteiger partial charge on any atom is -0.493 e. The third-order valence-corrected chi connectivity index (χ3v) is 3.23. The summed E-state index contributed by atoms with van der Waals surface area (Å²) in [5.74, 6) is 0.156. The number of hydrogen-bond donors (Lipinski definition) is 2. The predicted molar refractivity (Wildman–Crippen MR) is 68.5 cm³/mol. The molecule has 0 aliphatic rings. The van der Waals surface area contributed by atoms with Crippen LogP contribution in [0.15, 0.2) is 34.0 Å². The van der Waals surface area contributed by atoms with Crippen LogP contribution in [-0.2, 0) is 0 Å². The van der Waals surface area contributed by atoms with E-state index in [1.807, 2.05) is 30.5 Å². The summed E-state index contributed by atoms with van der Waals surface area (Å²) in [6.45, 7) is 1.53. The third-order valence-electron chi connectivity index (χ3n) is 2.49. The number of benzene rings is 1. The van der Waals surface area contributed by atoms with Crippen LogP contribution < -0.4 is 5.56 Å². The van der Waals surface area contributed by atoms with Crippen LogP contribution in [0, 0.1) is 6.92 Å². The Hall–Kier alpha value is -1.75.